The van der Waals surface area contributed by atoms with Crippen LogP contribution in [-0.4, -0.2) is 40.0 Å². The van der Waals surface area contributed by atoms with E-state index < -0.39 is 6.09 Å². The Kier molecular flexibility index (Phi) is 4.16. The molecule has 0 spiro atoms. The summed E-state index contributed by atoms with van der Waals surface area (Å²) in [5.74, 6) is 6.61. The third-order valence-electron chi connectivity index (χ3n) is 4.14. The molecule has 2 heterocycles. The van der Waals surface area contributed by atoms with Gasteiger partial charge < -0.3 is 14.6 Å². The molecule has 1 aromatic carbocycles. The second kappa shape index (κ2) is 6.25. The molecule has 8 nitrogen and oxygen atoms in total. The molecule has 122 valence electrons. The van der Waals surface area contributed by atoms with Crippen molar-refractivity contribution in [3.8, 4) is 5.75 Å². The van der Waals surface area contributed by atoms with Crippen LogP contribution < -0.4 is 16.0 Å². The first-order valence-corrected chi connectivity index (χ1v) is 7.51. The molecule has 1 aromatic heterocycles. The van der Waals surface area contributed by atoms with Crippen LogP contribution in [0.1, 0.15) is 31.5 Å². The van der Waals surface area contributed by atoms with E-state index in [0.717, 1.165) is 37.3 Å². The fourth-order valence-electron chi connectivity index (χ4n) is 2.90. The Morgan fingerprint density at radius 2 is 2.13 bits per heavy atom. The molecule has 0 aliphatic carbocycles. The number of amides is 2. The molecule has 0 saturated carbocycles. The van der Waals surface area contributed by atoms with E-state index in [9.17, 15) is 9.59 Å². The number of H-pyrrole nitrogens is 1. The lowest BCUT2D eigenvalue weighted by molar-refractivity contribution is -0.129. The summed E-state index contributed by atoms with van der Waals surface area (Å²) >= 11 is 0. The van der Waals surface area contributed by atoms with Gasteiger partial charge in [-0.3, -0.25) is 10.2 Å². The number of nitrogens with zero attached hydrogens (tertiary/aromatic N) is 2. The van der Waals surface area contributed by atoms with Gasteiger partial charge in [-0.2, -0.15) is 0 Å². The van der Waals surface area contributed by atoms with Crippen LogP contribution >= 0.6 is 0 Å². The Hall–Kier alpha value is -2.61. The van der Waals surface area contributed by atoms with Gasteiger partial charge in [0.25, 0.3) is 0 Å². The molecule has 4 N–H and O–H groups in total. The number of para-hydroxylation sites is 1. The number of rotatable bonds is 2. The maximum Gasteiger partial charge on any atom is 0.426 e. The fourth-order valence-corrected chi connectivity index (χ4v) is 2.90. The van der Waals surface area contributed by atoms with Gasteiger partial charge in [0.1, 0.15) is 11.3 Å². The van der Waals surface area contributed by atoms with Gasteiger partial charge in [0.15, 0.2) is 5.75 Å². The minimum atomic E-state index is -0.739. The number of carbonyl (C=O) groups is 2. The van der Waals surface area contributed by atoms with Crippen LogP contribution in [0.4, 0.5) is 4.79 Å². The number of carbonyl (C=O) groups excluding carboxylic acids is 2. The molecule has 1 aliphatic rings. The summed E-state index contributed by atoms with van der Waals surface area (Å²) in [6.45, 7) is 3.06. The molecule has 8 heteroatoms. The number of piperidine rings is 1. The highest BCUT2D eigenvalue weighted by Gasteiger charge is 2.24. The van der Waals surface area contributed by atoms with Crippen LogP contribution in [0.5, 0.6) is 5.75 Å². The van der Waals surface area contributed by atoms with E-state index in [2.05, 4.69) is 9.97 Å². The van der Waals surface area contributed by atoms with Crippen LogP contribution in [0.2, 0.25) is 0 Å². The first-order valence-electron chi connectivity index (χ1n) is 7.51. The molecule has 2 amide bonds. The van der Waals surface area contributed by atoms with Gasteiger partial charge in [-0.15, -0.1) is 0 Å². The number of ether oxygens (including phenoxy) is 1. The molecule has 0 unspecified atom stereocenters. The van der Waals surface area contributed by atoms with Crippen LogP contribution in [0.3, 0.4) is 0 Å². The molecule has 3 rings (SSSR count). The lowest BCUT2D eigenvalue weighted by Crippen LogP contribution is -2.36. The Bertz CT molecular complexity index is 734. The average Bonchev–Trinajstić information content (AvgIpc) is 3.00. The smallest absolute Gasteiger partial charge is 0.407 e. The third kappa shape index (κ3) is 3.11. The minimum Gasteiger partial charge on any atom is -0.407 e. The van der Waals surface area contributed by atoms with E-state index in [1.807, 2.05) is 16.4 Å². The van der Waals surface area contributed by atoms with Crippen molar-refractivity contribution in [2.24, 2.45) is 5.84 Å². The zero-order chi connectivity index (χ0) is 16.4. The van der Waals surface area contributed by atoms with E-state index in [1.54, 1.807) is 19.1 Å². The molecule has 0 radical (unpaired) electrons. The van der Waals surface area contributed by atoms with Crippen molar-refractivity contribution in [3.63, 3.8) is 0 Å². The quantitative estimate of drug-likeness (QED) is 0.438. The zero-order valence-corrected chi connectivity index (χ0v) is 12.8. The van der Waals surface area contributed by atoms with Gasteiger partial charge in [0.05, 0.1) is 5.52 Å². The van der Waals surface area contributed by atoms with Crippen molar-refractivity contribution in [1.82, 2.24) is 20.3 Å². The standard InChI is InChI=1S/C15H19N5O3/c1-9(21)20-7-5-10(6-8-20)14-17-11-3-2-4-12(13(11)18-14)23-15(22)19-16/h2-4,10H,5-8,16H2,1H3,(H,17,18)(H,19,22). The second-order valence-corrected chi connectivity index (χ2v) is 5.59. The topological polar surface area (TPSA) is 113 Å². The van der Waals surface area contributed by atoms with E-state index in [1.165, 1.54) is 0 Å². The molecule has 0 bridgehead atoms. The van der Waals surface area contributed by atoms with Gasteiger partial charge >= 0.3 is 6.09 Å². The van der Waals surface area contributed by atoms with Crippen molar-refractivity contribution >= 4 is 23.0 Å². The SMILES string of the molecule is CC(=O)N1CCC(c2nc3c(OC(=O)NN)cccc3[nH]2)CC1. The van der Waals surface area contributed by atoms with Gasteiger partial charge in [0.2, 0.25) is 5.91 Å². The summed E-state index contributed by atoms with van der Waals surface area (Å²) in [7, 11) is 0. The summed E-state index contributed by atoms with van der Waals surface area (Å²) < 4.78 is 5.12. The van der Waals surface area contributed by atoms with Gasteiger partial charge in [0, 0.05) is 25.9 Å². The molecular weight excluding hydrogens is 298 g/mol. The van der Waals surface area contributed by atoms with Crippen LogP contribution in [0.15, 0.2) is 18.2 Å². The molecule has 1 fully saturated rings. The van der Waals surface area contributed by atoms with Crippen LogP contribution in [-0.2, 0) is 4.79 Å². The number of hydrogen-bond acceptors (Lipinski definition) is 5. The largest absolute Gasteiger partial charge is 0.426 e. The molecule has 1 saturated heterocycles. The van der Waals surface area contributed by atoms with Gasteiger partial charge in [-0.25, -0.2) is 15.6 Å². The average molecular weight is 317 g/mol. The van der Waals surface area contributed by atoms with Crippen LogP contribution in [0.25, 0.3) is 11.0 Å². The highest BCUT2D eigenvalue weighted by molar-refractivity contribution is 5.84. The molecule has 0 atom stereocenters. The number of benzene rings is 1. The molecular formula is C15H19N5O3. The lowest BCUT2D eigenvalue weighted by atomic mass is 9.96. The zero-order valence-electron chi connectivity index (χ0n) is 12.8. The Labute approximate surface area is 133 Å². The number of hydrogen-bond donors (Lipinski definition) is 3. The Morgan fingerprint density at radius 1 is 1.39 bits per heavy atom. The predicted molar refractivity (Wildman–Crippen MR) is 83.7 cm³/mol. The highest BCUT2D eigenvalue weighted by atomic mass is 16.6. The summed E-state index contributed by atoms with van der Waals surface area (Å²) in [6, 6.07) is 5.33. The van der Waals surface area contributed by atoms with E-state index in [-0.39, 0.29) is 11.8 Å². The molecule has 23 heavy (non-hydrogen) atoms. The second-order valence-electron chi connectivity index (χ2n) is 5.59. The third-order valence-corrected chi connectivity index (χ3v) is 4.14. The van der Waals surface area contributed by atoms with Gasteiger partial charge in [-0.1, -0.05) is 6.07 Å². The van der Waals surface area contributed by atoms with E-state index in [0.29, 0.717) is 11.3 Å². The minimum absolute atomic E-state index is 0.108. The monoisotopic (exact) mass is 317 g/mol. The number of nitrogens with one attached hydrogen (secondary N) is 2. The first-order chi connectivity index (χ1) is 11.1. The number of nitrogens with two attached hydrogens (primary N) is 1. The number of likely N-dealkylation sites (tertiary alicyclic amines) is 1. The molecule has 2 aromatic rings. The summed E-state index contributed by atoms with van der Waals surface area (Å²) in [5, 5.41) is 0. The fraction of sp³-hybridized carbons (Fsp3) is 0.400. The Balaban J connectivity index is 1.82. The number of aromatic nitrogens is 2. The Morgan fingerprint density at radius 3 is 2.78 bits per heavy atom. The summed E-state index contributed by atoms with van der Waals surface area (Å²) in [4.78, 5) is 32.4. The van der Waals surface area contributed by atoms with Crippen molar-refractivity contribution in [2.75, 3.05) is 13.1 Å². The van der Waals surface area contributed by atoms with Crippen LogP contribution in [0, 0.1) is 0 Å². The van der Waals surface area contributed by atoms with E-state index >= 15 is 0 Å². The van der Waals surface area contributed by atoms with Crippen molar-refractivity contribution in [3.05, 3.63) is 24.0 Å². The summed E-state index contributed by atoms with van der Waals surface area (Å²) in [6.07, 6.45) is 0.981. The molecule has 1 aliphatic heterocycles. The van der Waals surface area contributed by atoms with Crippen molar-refractivity contribution in [1.29, 1.82) is 0 Å². The highest BCUT2D eigenvalue weighted by Crippen LogP contribution is 2.30. The number of aromatic amines is 1. The normalized spacial score (nSPS) is 15.7. The number of hydrazine groups is 1. The van der Waals surface area contributed by atoms with E-state index in [4.69, 9.17) is 10.6 Å². The maximum absolute atomic E-state index is 11.4. The maximum atomic E-state index is 11.4. The van der Waals surface area contributed by atoms with Crippen molar-refractivity contribution in [2.45, 2.75) is 25.7 Å². The predicted octanol–water partition coefficient (Wildman–Crippen LogP) is 1.25. The van der Waals surface area contributed by atoms with Crippen molar-refractivity contribution < 1.29 is 14.3 Å². The first kappa shape index (κ1) is 15.3. The number of imidazole rings is 1. The summed E-state index contributed by atoms with van der Waals surface area (Å²) in [5.41, 5.74) is 3.33. The van der Waals surface area contributed by atoms with Gasteiger partial charge in [-0.05, 0) is 25.0 Å². The number of fused-ring (bicyclic) bond motifs is 1. The lowest BCUT2D eigenvalue weighted by Gasteiger charge is -2.30.